The predicted octanol–water partition coefficient (Wildman–Crippen LogP) is 3.87. The maximum atomic E-state index is 13.3. The minimum absolute atomic E-state index is 0.165. The quantitative estimate of drug-likeness (QED) is 0.350. The van der Waals surface area contributed by atoms with Crippen LogP contribution in [0.5, 0.6) is 0 Å². The molecule has 6 N–H and O–H groups in total. The Kier molecular flexibility index (Phi) is 5.35. The van der Waals surface area contributed by atoms with Crippen molar-refractivity contribution in [2.45, 2.75) is 25.7 Å². The molecular weight excluding hydrogens is 369 g/mol. The van der Waals surface area contributed by atoms with Gasteiger partial charge in [0.2, 0.25) is 0 Å². The number of hydrazine groups is 1. The van der Waals surface area contributed by atoms with Gasteiger partial charge in [-0.05, 0) is 62.6 Å². The average molecular weight is 395 g/mol. The zero-order valence-electron chi connectivity index (χ0n) is 16.2. The van der Waals surface area contributed by atoms with Gasteiger partial charge in [-0.15, -0.1) is 0 Å². The van der Waals surface area contributed by atoms with Gasteiger partial charge in [0.25, 0.3) is 0 Å². The molecule has 4 rings (SSSR count). The first kappa shape index (κ1) is 19.2. The third-order valence-corrected chi connectivity index (χ3v) is 5.79. The molecular formula is C21H26FN7. The number of nitrogens with two attached hydrogens (primary N) is 2. The number of hydrogen-bond acceptors (Lipinski definition) is 6. The largest absolute Gasteiger partial charge is 0.396 e. The summed E-state index contributed by atoms with van der Waals surface area (Å²) in [5.41, 5.74) is 9.41. The number of H-pyrrole nitrogens is 1. The maximum absolute atomic E-state index is 13.3. The summed E-state index contributed by atoms with van der Waals surface area (Å²) in [6, 6.07) is 6.72. The number of anilines is 2. The molecule has 0 unspecified atom stereocenters. The van der Waals surface area contributed by atoms with Crippen LogP contribution in [0.15, 0.2) is 46.1 Å². The van der Waals surface area contributed by atoms with Crippen molar-refractivity contribution in [2.75, 3.05) is 17.6 Å². The molecule has 0 radical (unpaired) electrons. The second kappa shape index (κ2) is 8.08. The van der Waals surface area contributed by atoms with Crippen LogP contribution in [0.3, 0.4) is 0 Å². The van der Waals surface area contributed by atoms with Crippen molar-refractivity contribution in [2.24, 2.45) is 27.7 Å². The molecule has 1 fully saturated rings. The van der Waals surface area contributed by atoms with E-state index < -0.39 is 0 Å². The first-order chi connectivity index (χ1) is 14.1. The number of halogens is 1. The maximum Gasteiger partial charge on any atom is 0.146 e. The van der Waals surface area contributed by atoms with Crippen molar-refractivity contribution in [3.63, 3.8) is 0 Å². The summed E-state index contributed by atoms with van der Waals surface area (Å²) in [6.07, 6.45) is 7.62. The van der Waals surface area contributed by atoms with Gasteiger partial charge in [-0.2, -0.15) is 0 Å². The molecule has 1 aromatic heterocycles. The van der Waals surface area contributed by atoms with Crippen molar-refractivity contribution < 1.29 is 4.39 Å². The highest BCUT2D eigenvalue weighted by molar-refractivity contribution is 5.87. The van der Waals surface area contributed by atoms with Crippen LogP contribution in [0.1, 0.15) is 31.2 Å². The van der Waals surface area contributed by atoms with Gasteiger partial charge in [-0.3, -0.25) is 10.0 Å². The third kappa shape index (κ3) is 3.88. The Labute approximate surface area is 169 Å². The van der Waals surface area contributed by atoms with Crippen molar-refractivity contribution in [3.8, 4) is 0 Å². The topological polar surface area (TPSA) is 108 Å². The van der Waals surface area contributed by atoms with Crippen LogP contribution in [0, 0.1) is 17.7 Å². The molecule has 152 valence electrons. The number of fused-ring (bicyclic) bond motifs is 1. The molecule has 1 saturated carbocycles. The van der Waals surface area contributed by atoms with Crippen LogP contribution >= 0.6 is 0 Å². The van der Waals surface area contributed by atoms with E-state index >= 15 is 0 Å². The van der Waals surface area contributed by atoms with E-state index in [2.05, 4.69) is 27.0 Å². The fourth-order valence-electron chi connectivity index (χ4n) is 4.20. The Bertz CT molecular complexity index is 954. The highest BCUT2D eigenvalue weighted by Crippen LogP contribution is 2.40. The molecule has 0 bridgehead atoms. The monoisotopic (exact) mass is 395 g/mol. The van der Waals surface area contributed by atoms with Crippen molar-refractivity contribution in [1.29, 1.82) is 0 Å². The molecule has 0 saturated heterocycles. The van der Waals surface area contributed by atoms with Gasteiger partial charge < -0.3 is 16.0 Å². The summed E-state index contributed by atoms with van der Waals surface area (Å²) in [5, 5.41) is 4.91. The number of benzene rings is 1. The van der Waals surface area contributed by atoms with Gasteiger partial charge in [0.15, 0.2) is 0 Å². The van der Waals surface area contributed by atoms with Crippen LogP contribution in [0.25, 0.3) is 5.70 Å². The first-order valence-electron chi connectivity index (χ1n) is 9.82. The number of hydrogen-bond donors (Lipinski definition) is 4. The van der Waals surface area contributed by atoms with Gasteiger partial charge in [0.05, 0.1) is 17.1 Å². The van der Waals surface area contributed by atoms with E-state index in [4.69, 9.17) is 11.6 Å². The first-order valence-corrected chi connectivity index (χ1v) is 9.82. The lowest BCUT2D eigenvalue weighted by Gasteiger charge is -2.32. The van der Waals surface area contributed by atoms with Crippen LogP contribution in [-0.2, 0) is 0 Å². The van der Waals surface area contributed by atoms with Crippen LogP contribution in [0.4, 0.5) is 21.6 Å². The summed E-state index contributed by atoms with van der Waals surface area (Å²) in [5.74, 6) is 7.42. The van der Waals surface area contributed by atoms with Crippen molar-refractivity contribution in [3.05, 3.63) is 47.5 Å². The smallest absolute Gasteiger partial charge is 0.146 e. The van der Waals surface area contributed by atoms with E-state index in [1.807, 2.05) is 12.3 Å². The number of aliphatic imine (C=N–C) groups is 2. The molecule has 1 aliphatic heterocycles. The summed E-state index contributed by atoms with van der Waals surface area (Å²) >= 11 is 0. The fourth-order valence-corrected chi connectivity index (χ4v) is 4.20. The average Bonchev–Trinajstić information content (AvgIpc) is 3.20. The molecule has 7 nitrogen and oxygen atoms in total. The minimum atomic E-state index is -0.388. The molecule has 0 spiro atoms. The number of nitrogens with one attached hydrogen (secondary N) is 2. The zero-order chi connectivity index (χ0) is 20.4. The van der Waals surface area contributed by atoms with E-state index in [-0.39, 0.29) is 11.5 Å². The Morgan fingerprint density at radius 1 is 1.31 bits per heavy atom. The van der Waals surface area contributed by atoms with Crippen molar-refractivity contribution >= 4 is 35.9 Å². The van der Waals surface area contributed by atoms with E-state index in [0.717, 1.165) is 60.7 Å². The lowest BCUT2D eigenvalue weighted by molar-refractivity contribution is 0.310. The standard InChI is InChI=1S/C21H26FN7/c1-25-19(20-16-8-9-26-21(16)28-12-29(20)24)14-4-2-13(3-5-14)11-27-15-6-7-17(22)18(23)10-15/h6-10,12-14,26-27H,1-5,11,23-24H2/b20-19-/t13-,14-. The lowest BCUT2D eigenvalue weighted by Crippen LogP contribution is -2.32. The summed E-state index contributed by atoms with van der Waals surface area (Å²) in [7, 11) is 0. The molecule has 2 heterocycles. The Balaban J connectivity index is 1.41. The number of nitrogen functional groups attached to an aromatic ring is 1. The van der Waals surface area contributed by atoms with E-state index in [1.165, 1.54) is 11.1 Å². The van der Waals surface area contributed by atoms with Crippen molar-refractivity contribution in [1.82, 2.24) is 9.99 Å². The number of aromatic amines is 1. The molecule has 1 aliphatic carbocycles. The highest BCUT2D eigenvalue weighted by atomic mass is 19.1. The van der Waals surface area contributed by atoms with Gasteiger partial charge >= 0.3 is 0 Å². The second-order valence-corrected chi connectivity index (χ2v) is 7.62. The summed E-state index contributed by atoms with van der Waals surface area (Å²) < 4.78 is 13.3. The molecule has 1 aromatic carbocycles. The molecule has 2 aromatic rings. The predicted molar refractivity (Wildman–Crippen MR) is 116 cm³/mol. The molecule has 8 heteroatoms. The zero-order valence-corrected chi connectivity index (χ0v) is 16.2. The van der Waals surface area contributed by atoms with E-state index in [9.17, 15) is 4.39 Å². The van der Waals surface area contributed by atoms with Crippen LogP contribution < -0.4 is 16.9 Å². The van der Waals surface area contributed by atoms with Gasteiger partial charge in [0, 0.05) is 29.9 Å². The Hall–Kier alpha value is -3.13. The molecule has 2 aliphatic rings. The number of rotatable bonds is 5. The second-order valence-electron chi connectivity index (χ2n) is 7.62. The number of nitrogens with zero attached hydrogens (tertiary/aromatic N) is 3. The SMILES string of the molecule is C=N/C(=C1/c2cc[nH]c2N=CN1N)[C@H]1CC[C@H](CNc2ccc(F)c(N)c2)CC1. The molecule has 0 atom stereocenters. The fraction of sp³-hybridized carbons (Fsp3) is 0.333. The third-order valence-electron chi connectivity index (χ3n) is 5.79. The Morgan fingerprint density at radius 2 is 2.10 bits per heavy atom. The number of allylic oxidation sites excluding steroid dienone is 1. The van der Waals surface area contributed by atoms with Gasteiger partial charge in [0.1, 0.15) is 18.0 Å². The van der Waals surface area contributed by atoms with Crippen LogP contribution in [-0.4, -0.2) is 29.6 Å². The molecule has 0 amide bonds. The minimum Gasteiger partial charge on any atom is -0.396 e. The number of aromatic nitrogens is 1. The summed E-state index contributed by atoms with van der Waals surface area (Å²) in [4.78, 5) is 11.8. The van der Waals surface area contributed by atoms with Crippen LogP contribution in [0.2, 0.25) is 0 Å². The summed E-state index contributed by atoms with van der Waals surface area (Å²) in [6.45, 7) is 4.65. The Morgan fingerprint density at radius 3 is 2.83 bits per heavy atom. The van der Waals surface area contributed by atoms with Gasteiger partial charge in [-0.1, -0.05) is 0 Å². The lowest BCUT2D eigenvalue weighted by atomic mass is 9.79. The van der Waals surface area contributed by atoms with Gasteiger partial charge in [-0.25, -0.2) is 15.2 Å². The normalized spacial score (nSPS) is 22.9. The van der Waals surface area contributed by atoms with E-state index in [0.29, 0.717) is 11.8 Å². The van der Waals surface area contributed by atoms with E-state index in [1.54, 1.807) is 18.5 Å². The molecule has 29 heavy (non-hydrogen) atoms. The highest BCUT2D eigenvalue weighted by Gasteiger charge is 2.29.